The van der Waals surface area contributed by atoms with Gasteiger partial charge in [0.25, 0.3) is 0 Å². The third-order valence-electron chi connectivity index (χ3n) is 5.75. The summed E-state index contributed by atoms with van der Waals surface area (Å²) in [5, 5.41) is 19.5. The SMILES string of the molecule is C=C(O)/C(=C/C)C(=C)/C=C(\C)c1cc(C)c(C)cc1C[C@@H](C)C(C)(C)CO. The number of benzene rings is 1. The van der Waals surface area contributed by atoms with Gasteiger partial charge in [0.05, 0.1) is 0 Å². The van der Waals surface area contributed by atoms with Crippen molar-refractivity contribution >= 4 is 5.57 Å². The van der Waals surface area contributed by atoms with Gasteiger partial charge in [-0.05, 0) is 78.8 Å². The fourth-order valence-corrected chi connectivity index (χ4v) is 3.13. The van der Waals surface area contributed by atoms with Crippen molar-refractivity contribution in [2.24, 2.45) is 11.3 Å². The highest BCUT2D eigenvalue weighted by molar-refractivity contribution is 5.72. The Balaban J connectivity index is 3.38. The molecule has 2 heteroatoms. The van der Waals surface area contributed by atoms with E-state index in [9.17, 15) is 10.2 Å². The van der Waals surface area contributed by atoms with Crippen molar-refractivity contribution in [1.29, 1.82) is 0 Å². The van der Waals surface area contributed by atoms with E-state index >= 15 is 0 Å². The summed E-state index contributed by atoms with van der Waals surface area (Å²) in [6.45, 7) is 22.5. The van der Waals surface area contributed by atoms with Crippen LogP contribution in [0.3, 0.4) is 0 Å². The summed E-state index contributed by atoms with van der Waals surface area (Å²) in [6, 6.07) is 4.49. The quantitative estimate of drug-likeness (QED) is 0.407. The molecule has 0 heterocycles. The first kappa shape index (κ1) is 23.0. The van der Waals surface area contributed by atoms with Crippen molar-refractivity contribution in [1.82, 2.24) is 0 Å². The van der Waals surface area contributed by atoms with Gasteiger partial charge in [-0.25, -0.2) is 0 Å². The van der Waals surface area contributed by atoms with Crippen molar-refractivity contribution in [2.45, 2.75) is 54.9 Å². The minimum Gasteiger partial charge on any atom is -0.508 e. The van der Waals surface area contributed by atoms with Crippen LogP contribution in [0.25, 0.3) is 5.57 Å². The van der Waals surface area contributed by atoms with Crippen LogP contribution in [0.4, 0.5) is 0 Å². The predicted octanol–water partition coefficient (Wildman–Crippen LogP) is 6.48. The Bertz CT molecular complexity index is 776. The average molecular weight is 369 g/mol. The van der Waals surface area contributed by atoms with E-state index in [1.165, 1.54) is 22.3 Å². The van der Waals surface area contributed by atoms with Crippen molar-refractivity contribution in [2.75, 3.05) is 6.61 Å². The smallest absolute Gasteiger partial charge is 0.115 e. The maximum absolute atomic E-state index is 9.76. The summed E-state index contributed by atoms with van der Waals surface area (Å²) in [5.41, 5.74) is 7.37. The standard InChI is InChI=1S/C25H36O2/c1-10-23(21(7)27)18(4)11-19(5)24-13-17(3)16(2)12-22(24)14-20(6)25(8,9)15-26/h10-13,20,26-27H,4,7,14-15H2,1-3,5-6,8-9H3/b19-11+,23-10+/t20-/m1/s1. The zero-order valence-electron chi connectivity index (χ0n) is 18.1. The first-order valence-electron chi connectivity index (χ1n) is 9.58. The van der Waals surface area contributed by atoms with Gasteiger partial charge in [-0.2, -0.15) is 0 Å². The number of aliphatic hydroxyl groups is 2. The number of allylic oxidation sites excluding steroid dienone is 4. The highest BCUT2D eigenvalue weighted by Crippen LogP contribution is 2.33. The third-order valence-corrected chi connectivity index (χ3v) is 5.75. The van der Waals surface area contributed by atoms with Crippen LogP contribution in [-0.4, -0.2) is 16.8 Å². The van der Waals surface area contributed by atoms with Crippen LogP contribution in [0, 0.1) is 25.2 Å². The van der Waals surface area contributed by atoms with E-state index in [0.29, 0.717) is 11.5 Å². The van der Waals surface area contributed by atoms with E-state index < -0.39 is 0 Å². The molecule has 0 fully saturated rings. The van der Waals surface area contributed by atoms with Crippen molar-refractivity contribution < 1.29 is 10.2 Å². The summed E-state index contributed by atoms with van der Waals surface area (Å²) < 4.78 is 0. The van der Waals surface area contributed by atoms with Gasteiger partial charge in [0.15, 0.2) is 0 Å². The lowest BCUT2D eigenvalue weighted by Crippen LogP contribution is -2.27. The second-order valence-electron chi connectivity index (χ2n) is 8.35. The van der Waals surface area contributed by atoms with E-state index in [0.717, 1.165) is 17.6 Å². The van der Waals surface area contributed by atoms with Crippen molar-refractivity contribution in [3.05, 3.63) is 76.6 Å². The number of hydrogen-bond acceptors (Lipinski definition) is 2. The summed E-state index contributed by atoms with van der Waals surface area (Å²) in [4.78, 5) is 0. The number of rotatable bonds is 8. The first-order valence-corrected chi connectivity index (χ1v) is 9.58. The van der Waals surface area contributed by atoms with E-state index in [2.05, 4.69) is 66.8 Å². The topological polar surface area (TPSA) is 40.5 Å². The molecule has 1 aromatic rings. The molecule has 0 unspecified atom stereocenters. The van der Waals surface area contributed by atoms with Crippen LogP contribution in [0.1, 0.15) is 56.9 Å². The van der Waals surface area contributed by atoms with E-state index in [1.54, 1.807) is 0 Å². The van der Waals surface area contributed by atoms with Crippen LogP contribution < -0.4 is 0 Å². The van der Waals surface area contributed by atoms with E-state index in [4.69, 9.17) is 0 Å². The number of aliphatic hydroxyl groups excluding tert-OH is 2. The Kier molecular flexibility index (Phi) is 7.86. The number of aryl methyl sites for hydroxylation is 2. The monoisotopic (exact) mass is 368 g/mol. The predicted molar refractivity (Wildman–Crippen MR) is 118 cm³/mol. The summed E-state index contributed by atoms with van der Waals surface area (Å²) in [5.74, 6) is 0.368. The molecule has 0 spiro atoms. The Morgan fingerprint density at radius 1 is 1.19 bits per heavy atom. The molecule has 0 saturated heterocycles. The Labute approximate surface area is 165 Å². The van der Waals surface area contributed by atoms with Gasteiger partial charge >= 0.3 is 0 Å². The molecule has 0 radical (unpaired) electrons. The van der Waals surface area contributed by atoms with Gasteiger partial charge in [-0.1, -0.05) is 58.2 Å². The molecular weight excluding hydrogens is 332 g/mol. The molecule has 148 valence electrons. The second-order valence-corrected chi connectivity index (χ2v) is 8.35. The third kappa shape index (κ3) is 5.71. The Morgan fingerprint density at radius 3 is 2.22 bits per heavy atom. The molecule has 0 bridgehead atoms. The van der Waals surface area contributed by atoms with Gasteiger partial charge in [-0.15, -0.1) is 0 Å². The summed E-state index contributed by atoms with van der Waals surface area (Å²) in [6.07, 6.45) is 4.72. The lowest BCUT2D eigenvalue weighted by atomic mass is 9.76. The van der Waals surface area contributed by atoms with Crippen molar-refractivity contribution in [3.8, 4) is 0 Å². The highest BCUT2D eigenvalue weighted by atomic mass is 16.3. The lowest BCUT2D eigenvalue weighted by Gasteiger charge is -2.30. The van der Waals surface area contributed by atoms with Crippen LogP contribution in [0.2, 0.25) is 0 Å². The minimum absolute atomic E-state index is 0.0326. The fraction of sp³-hybridized carbons (Fsp3) is 0.440. The molecule has 27 heavy (non-hydrogen) atoms. The second kappa shape index (κ2) is 9.23. The van der Waals surface area contributed by atoms with Crippen LogP contribution >= 0.6 is 0 Å². The average Bonchev–Trinajstić information content (AvgIpc) is 2.57. The molecule has 0 aliphatic rings. The Hall–Kier alpha value is -2.06. The van der Waals surface area contributed by atoms with E-state index in [1.807, 2.05) is 19.1 Å². The molecular formula is C25H36O2. The highest BCUT2D eigenvalue weighted by Gasteiger charge is 2.26. The molecule has 1 rings (SSSR count). The molecule has 2 nitrogen and oxygen atoms in total. The van der Waals surface area contributed by atoms with Gasteiger partial charge < -0.3 is 10.2 Å². The molecule has 0 amide bonds. The minimum atomic E-state index is -0.135. The van der Waals surface area contributed by atoms with Gasteiger partial charge in [0.2, 0.25) is 0 Å². The van der Waals surface area contributed by atoms with Gasteiger partial charge in [0, 0.05) is 12.2 Å². The molecule has 0 aliphatic heterocycles. The maximum atomic E-state index is 9.76. The molecule has 1 aromatic carbocycles. The normalized spacial score (nSPS) is 14.2. The lowest BCUT2D eigenvalue weighted by molar-refractivity contribution is 0.105. The summed E-state index contributed by atoms with van der Waals surface area (Å²) >= 11 is 0. The molecule has 0 aliphatic carbocycles. The molecule has 2 N–H and O–H groups in total. The van der Waals surface area contributed by atoms with E-state index in [-0.39, 0.29) is 17.8 Å². The largest absolute Gasteiger partial charge is 0.508 e. The fourth-order valence-electron chi connectivity index (χ4n) is 3.13. The van der Waals surface area contributed by atoms with Gasteiger partial charge in [-0.3, -0.25) is 0 Å². The molecule has 0 saturated carbocycles. The maximum Gasteiger partial charge on any atom is 0.115 e. The molecule has 0 aromatic heterocycles. The van der Waals surface area contributed by atoms with Crippen molar-refractivity contribution in [3.63, 3.8) is 0 Å². The molecule has 1 atom stereocenters. The Morgan fingerprint density at radius 2 is 1.74 bits per heavy atom. The van der Waals surface area contributed by atoms with Crippen LogP contribution in [-0.2, 0) is 6.42 Å². The van der Waals surface area contributed by atoms with Crippen LogP contribution in [0.5, 0.6) is 0 Å². The summed E-state index contributed by atoms with van der Waals surface area (Å²) in [7, 11) is 0. The zero-order chi connectivity index (χ0) is 20.9. The first-order chi connectivity index (χ1) is 12.4. The zero-order valence-corrected chi connectivity index (χ0v) is 18.1. The van der Waals surface area contributed by atoms with Gasteiger partial charge in [0.1, 0.15) is 5.76 Å². The number of hydrogen-bond donors (Lipinski definition) is 2. The van der Waals surface area contributed by atoms with Crippen LogP contribution in [0.15, 0.2) is 54.3 Å².